The summed E-state index contributed by atoms with van der Waals surface area (Å²) in [5, 5.41) is 0. The minimum atomic E-state index is -0.466. The van der Waals surface area contributed by atoms with Gasteiger partial charge in [0.2, 0.25) is 0 Å². The number of carbonyl (C=O) groups excluding carboxylic acids is 1. The highest BCUT2D eigenvalue weighted by Gasteiger charge is 2.20. The summed E-state index contributed by atoms with van der Waals surface area (Å²) in [6.45, 7) is 6.53. The first-order chi connectivity index (χ1) is 14.3. The third-order valence-electron chi connectivity index (χ3n) is 5.02. The van der Waals surface area contributed by atoms with Crippen LogP contribution < -0.4 is 0 Å². The SMILES string of the molecule is CN(CC=C(C#CC1CCc2ccccc21)c1ccccc1)CC(=O)OC(C)(C)C. The van der Waals surface area contributed by atoms with Gasteiger partial charge in [0.25, 0.3) is 0 Å². The summed E-state index contributed by atoms with van der Waals surface area (Å²) in [6, 6.07) is 18.8. The van der Waals surface area contributed by atoms with Gasteiger partial charge in [-0.05, 0) is 57.4 Å². The van der Waals surface area contributed by atoms with Crippen molar-refractivity contribution in [2.24, 2.45) is 0 Å². The number of carbonyl (C=O) groups is 1. The molecule has 0 fully saturated rings. The number of hydrogen-bond acceptors (Lipinski definition) is 3. The van der Waals surface area contributed by atoms with E-state index in [4.69, 9.17) is 4.74 Å². The van der Waals surface area contributed by atoms with E-state index in [0.29, 0.717) is 6.54 Å². The van der Waals surface area contributed by atoms with Crippen molar-refractivity contribution in [1.29, 1.82) is 0 Å². The molecular formula is C27H31NO2. The lowest BCUT2D eigenvalue weighted by molar-refractivity contribution is -0.155. The summed E-state index contributed by atoms with van der Waals surface area (Å²) >= 11 is 0. The van der Waals surface area contributed by atoms with E-state index in [-0.39, 0.29) is 18.4 Å². The summed E-state index contributed by atoms with van der Waals surface area (Å²) in [6.07, 6.45) is 4.28. The minimum absolute atomic E-state index is 0.215. The van der Waals surface area contributed by atoms with E-state index in [1.807, 2.05) is 50.9 Å². The molecule has 0 bridgehead atoms. The van der Waals surface area contributed by atoms with Gasteiger partial charge in [0.05, 0.1) is 6.54 Å². The molecular weight excluding hydrogens is 370 g/mol. The van der Waals surface area contributed by atoms with Crippen molar-refractivity contribution in [2.75, 3.05) is 20.1 Å². The molecule has 0 N–H and O–H groups in total. The van der Waals surface area contributed by atoms with Crippen molar-refractivity contribution in [3.63, 3.8) is 0 Å². The van der Waals surface area contributed by atoms with Crippen LogP contribution in [0.3, 0.4) is 0 Å². The Morgan fingerprint density at radius 1 is 1.13 bits per heavy atom. The van der Waals surface area contributed by atoms with E-state index in [9.17, 15) is 4.79 Å². The average molecular weight is 402 g/mol. The second kappa shape index (κ2) is 9.78. The molecule has 0 saturated carbocycles. The highest BCUT2D eigenvalue weighted by atomic mass is 16.6. The normalized spacial score (nSPS) is 16.0. The molecule has 0 amide bonds. The van der Waals surface area contributed by atoms with E-state index < -0.39 is 5.60 Å². The lowest BCUT2D eigenvalue weighted by Crippen LogP contribution is -2.32. The molecule has 30 heavy (non-hydrogen) atoms. The molecule has 0 saturated heterocycles. The number of hydrogen-bond donors (Lipinski definition) is 0. The molecule has 0 aromatic heterocycles. The topological polar surface area (TPSA) is 29.5 Å². The number of likely N-dealkylation sites (N-methyl/N-ethyl adjacent to an activating group) is 1. The van der Waals surface area contributed by atoms with Crippen LogP contribution in [0.1, 0.15) is 49.8 Å². The average Bonchev–Trinajstić information content (AvgIpc) is 3.10. The van der Waals surface area contributed by atoms with Gasteiger partial charge in [0.1, 0.15) is 5.60 Å². The van der Waals surface area contributed by atoms with Gasteiger partial charge in [-0.25, -0.2) is 0 Å². The number of benzene rings is 2. The molecule has 0 heterocycles. The maximum Gasteiger partial charge on any atom is 0.320 e. The summed E-state index contributed by atoms with van der Waals surface area (Å²) in [5.74, 6) is 7.01. The molecule has 2 aromatic carbocycles. The number of rotatable bonds is 5. The van der Waals surface area contributed by atoms with E-state index in [2.05, 4.69) is 54.3 Å². The third-order valence-corrected chi connectivity index (χ3v) is 5.02. The second-order valence-corrected chi connectivity index (χ2v) is 8.83. The quantitative estimate of drug-likeness (QED) is 0.517. The number of esters is 1. The highest BCUT2D eigenvalue weighted by Crippen LogP contribution is 2.32. The van der Waals surface area contributed by atoms with Crippen LogP contribution in [-0.4, -0.2) is 36.6 Å². The largest absolute Gasteiger partial charge is 0.459 e. The van der Waals surface area contributed by atoms with Crippen LogP contribution in [0.25, 0.3) is 5.57 Å². The zero-order chi connectivity index (χ0) is 21.6. The van der Waals surface area contributed by atoms with Gasteiger partial charge in [0.15, 0.2) is 0 Å². The molecule has 156 valence electrons. The van der Waals surface area contributed by atoms with Crippen LogP contribution in [0.2, 0.25) is 0 Å². The third kappa shape index (κ3) is 6.34. The van der Waals surface area contributed by atoms with E-state index in [1.165, 1.54) is 11.1 Å². The van der Waals surface area contributed by atoms with E-state index in [0.717, 1.165) is 24.0 Å². The van der Waals surface area contributed by atoms with Gasteiger partial charge in [-0.2, -0.15) is 0 Å². The van der Waals surface area contributed by atoms with Crippen molar-refractivity contribution >= 4 is 11.5 Å². The molecule has 3 nitrogen and oxygen atoms in total. The van der Waals surface area contributed by atoms with Crippen LogP contribution in [-0.2, 0) is 16.0 Å². The van der Waals surface area contributed by atoms with E-state index >= 15 is 0 Å². The van der Waals surface area contributed by atoms with Crippen LogP contribution >= 0.6 is 0 Å². The fourth-order valence-corrected chi connectivity index (χ4v) is 3.64. The molecule has 1 aliphatic carbocycles. The number of fused-ring (bicyclic) bond motifs is 1. The molecule has 1 aliphatic rings. The van der Waals surface area contributed by atoms with Crippen molar-refractivity contribution in [2.45, 2.75) is 45.1 Å². The van der Waals surface area contributed by atoms with Gasteiger partial charge < -0.3 is 4.74 Å². The first-order valence-electron chi connectivity index (χ1n) is 10.6. The molecule has 0 spiro atoms. The Hall–Kier alpha value is -2.83. The number of aryl methyl sites for hydroxylation is 1. The van der Waals surface area contributed by atoms with Crippen LogP contribution in [0, 0.1) is 11.8 Å². The van der Waals surface area contributed by atoms with Crippen molar-refractivity contribution < 1.29 is 9.53 Å². The predicted octanol–water partition coefficient (Wildman–Crippen LogP) is 5.08. The molecule has 2 aromatic rings. The van der Waals surface area contributed by atoms with Crippen LogP contribution in [0.5, 0.6) is 0 Å². The van der Waals surface area contributed by atoms with Gasteiger partial charge in [-0.1, -0.05) is 72.5 Å². The zero-order valence-corrected chi connectivity index (χ0v) is 18.4. The van der Waals surface area contributed by atoms with Crippen molar-refractivity contribution in [3.8, 4) is 11.8 Å². The Balaban J connectivity index is 1.74. The van der Waals surface area contributed by atoms with Crippen LogP contribution in [0.15, 0.2) is 60.7 Å². The predicted molar refractivity (Wildman–Crippen MR) is 123 cm³/mol. The van der Waals surface area contributed by atoms with Gasteiger partial charge >= 0.3 is 5.97 Å². The number of allylic oxidation sites excluding steroid dienone is 1. The first-order valence-corrected chi connectivity index (χ1v) is 10.6. The molecule has 1 atom stereocenters. The van der Waals surface area contributed by atoms with Crippen molar-refractivity contribution in [3.05, 3.63) is 77.4 Å². The first kappa shape index (κ1) is 21.9. The molecule has 3 heteroatoms. The zero-order valence-electron chi connectivity index (χ0n) is 18.4. The maximum atomic E-state index is 12.1. The number of ether oxygens (including phenoxy) is 1. The molecule has 1 unspecified atom stereocenters. The fraction of sp³-hybridized carbons (Fsp3) is 0.370. The fourth-order valence-electron chi connectivity index (χ4n) is 3.64. The molecule has 0 aliphatic heterocycles. The summed E-state index contributed by atoms with van der Waals surface area (Å²) in [5.41, 5.74) is 4.41. The molecule has 0 radical (unpaired) electrons. The summed E-state index contributed by atoms with van der Waals surface area (Å²) in [4.78, 5) is 14.0. The smallest absolute Gasteiger partial charge is 0.320 e. The lowest BCUT2D eigenvalue weighted by atomic mass is 10.00. The van der Waals surface area contributed by atoms with Crippen molar-refractivity contribution in [1.82, 2.24) is 4.90 Å². The number of nitrogens with zero attached hydrogens (tertiary/aromatic N) is 1. The Morgan fingerprint density at radius 2 is 1.83 bits per heavy atom. The second-order valence-electron chi connectivity index (χ2n) is 8.83. The Kier molecular flexibility index (Phi) is 7.13. The standard InChI is InChI=1S/C27H31NO2/c1-27(2,3)30-26(29)20-28(4)19-18-22(21-10-6-5-7-11-21)14-15-24-17-16-23-12-8-9-13-25(23)24/h5-13,18,24H,16-17,19-20H2,1-4H3. The maximum absolute atomic E-state index is 12.1. The summed E-state index contributed by atoms with van der Waals surface area (Å²) in [7, 11) is 1.92. The van der Waals surface area contributed by atoms with E-state index in [1.54, 1.807) is 0 Å². The monoisotopic (exact) mass is 401 g/mol. The van der Waals surface area contributed by atoms with Gasteiger partial charge in [0, 0.05) is 18.0 Å². The Morgan fingerprint density at radius 3 is 2.57 bits per heavy atom. The lowest BCUT2D eigenvalue weighted by Gasteiger charge is -2.22. The highest BCUT2D eigenvalue weighted by molar-refractivity contribution is 5.79. The Labute approximate surface area is 180 Å². The molecule has 3 rings (SSSR count). The Bertz CT molecular complexity index is 958. The van der Waals surface area contributed by atoms with Gasteiger partial charge in [-0.3, -0.25) is 9.69 Å². The van der Waals surface area contributed by atoms with Crippen LogP contribution in [0.4, 0.5) is 0 Å². The summed E-state index contributed by atoms with van der Waals surface area (Å²) < 4.78 is 5.42. The minimum Gasteiger partial charge on any atom is -0.459 e. The van der Waals surface area contributed by atoms with Gasteiger partial charge in [-0.15, -0.1) is 0 Å².